The lowest BCUT2D eigenvalue weighted by molar-refractivity contribution is -0.134. The zero-order chi connectivity index (χ0) is 14.0. The van der Waals surface area contributed by atoms with Crippen LogP contribution in [0.2, 0.25) is 0 Å². The van der Waals surface area contributed by atoms with Crippen LogP contribution in [0.25, 0.3) is 0 Å². The molecule has 1 aromatic carbocycles. The molecule has 0 amide bonds. The maximum Gasteiger partial charge on any atom is 0.320 e. The monoisotopic (exact) mass is 287 g/mol. The van der Waals surface area contributed by atoms with E-state index in [-0.39, 0.29) is 13.3 Å². The number of carbonyl (C=O) groups is 1. The first-order valence-electron chi connectivity index (χ1n) is 5.43. The molecule has 0 aromatic heterocycles. The molecule has 1 aromatic rings. The van der Waals surface area contributed by atoms with Crippen molar-refractivity contribution in [3.05, 3.63) is 23.8 Å². The highest BCUT2D eigenvalue weighted by Gasteiger charge is 2.22. The standard InChI is InChI=1S/C11H13NO6S/c1-12(19(15,16)6-11(13)14)5-8-2-3-9-10(4-8)18-7-17-9/h2-4H,5-7H2,1H3,(H,13,14). The molecular formula is C11H13NO6S. The fourth-order valence-corrected chi connectivity index (χ4v) is 2.54. The molecule has 8 heteroatoms. The Hall–Kier alpha value is -1.80. The summed E-state index contributed by atoms with van der Waals surface area (Å²) in [6.45, 7) is 0.220. The Morgan fingerprint density at radius 3 is 2.74 bits per heavy atom. The highest BCUT2D eigenvalue weighted by molar-refractivity contribution is 7.89. The summed E-state index contributed by atoms with van der Waals surface area (Å²) < 4.78 is 34.7. The molecule has 2 rings (SSSR count). The average molecular weight is 287 g/mol. The van der Waals surface area contributed by atoms with Crippen molar-refractivity contribution in [3.8, 4) is 11.5 Å². The number of carboxylic acids is 1. The molecule has 0 saturated heterocycles. The number of benzene rings is 1. The second-order valence-corrected chi connectivity index (χ2v) is 6.17. The van der Waals surface area contributed by atoms with Crippen molar-refractivity contribution in [1.29, 1.82) is 0 Å². The largest absolute Gasteiger partial charge is 0.480 e. The topological polar surface area (TPSA) is 93.1 Å². The van der Waals surface area contributed by atoms with Gasteiger partial charge in [0.05, 0.1) is 0 Å². The lowest BCUT2D eigenvalue weighted by Crippen LogP contribution is -2.31. The summed E-state index contributed by atoms with van der Waals surface area (Å²) in [4.78, 5) is 10.5. The molecule has 0 fully saturated rings. The molecule has 1 aliphatic rings. The zero-order valence-corrected chi connectivity index (χ0v) is 11.0. The lowest BCUT2D eigenvalue weighted by atomic mass is 10.2. The third kappa shape index (κ3) is 3.15. The van der Waals surface area contributed by atoms with Gasteiger partial charge in [-0.1, -0.05) is 6.07 Å². The number of carboxylic acid groups (broad SMARTS) is 1. The maximum absolute atomic E-state index is 11.7. The maximum atomic E-state index is 11.7. The number of hydrogen-bond acceptors (Lipinski definition) is 5. The summed E-state index contributed by atoms with van der Waals surface area (Å²) in [6, 6.07) is 5.07. The summed E-state index contributed by atoms with van der Waals surface area (Å²) >= 11 is 0. The van der Waals surface area contributed by atoms with Gasteiger partial charge in [-0.25, -0.2) is 12.7 Å². The lowest BCUT2D eigenvalue weighted by Gasteiger charge is -2.16. The highest BCUT2D eigenvalue weighted by Crippen LogP contribution is 2.32. The summed E-state index contributed by atoms with van der Waals surface area (Å²) in [5.41, 5.74) is 0.695. The van der Waals surface area contributed by atoms with Crippen LogP contribution in [0.15, 0.2) is 18.2 Å². The number of nitrogens with zero attached hydrogens (tertiary/aromatic N) is 1. The number of ether oxygens (including phenoxy) is 2. The molecule has 1 N–H and O–H groups in total. The molecular weight excluding hydrogens is 274 g/mol. The van der Waals surface area contributed by atoms with E-state index < -0.39 is 21.7 Å². The van der Waals surface area contributed by atoms with Gasteiger partial charge in [0.2, 0.25) is 16.8 Å². The van der Waals surface area contributed by atoms with Gasteiger partial charge in [-0.3, -0.25) is 4.79 Å². The van der Waals surface area contributed by atoms with E-state index in [1.165, 1.54) is 7.05 Å². The van der Waals surface area contributed by atoms with Crippen LogP contribution >= 0.6 is 0 Å². The number of rotatable bonds is 5. The van der Waals surface area contributed by atoms with Gasteiger partial charge >= 0.3 is 5.97 Å². The van der Waals surface area contributed by atoms with Gasteiger partial charge in [0.1, 0.15) is 0 Å². The minimum Gasteiger partial charge on any atom is -0.480 e. The van der Waals surface area contributed by atoms with E-state index in [2.05, 4.69) is 0 Å². The second-order valence-electron chi connectivity index (χ2n) is 4.09. The minimum atomic E-state index is -3.81. The smallest absolute Gasteiger partial charge is 0.320 e. The van der Waals surface area contributed by atoms with Gasteiger partial charge in [-0.15, -0.1) is 0 Å². The van der Waals surface area contributed by atoms with Crippen molar-refractivity contribution in [2.45, 2.75) is 6.54 Å². The molecule has 19 heavy (non-hydrogen) atoms. The van der Waals surface area contributed by atoms with E-state index in [4.69, 9.17) is 14.6 Å². The van der Waals surface area contributed by atoms with Crippen LogP contribution in [0.3, 0.4) is 0 Å². The normalized spacial score (nSPS) is 13.8. The molecule has 0 atom stereocenters. The van der Waals surface area contributed by atoms with Gasteiger partial charge in [-0.2, -0.15) is 0 Å². The van der Waals surface area contributed by atoms with E-state index in [0.717, 1.165) is 4.31 Å². The van der Waals surface area contributed by atoms with Crippen LogP contribution in [-0.4, -0.2) is 43.4 Å². The predicted octanol–water partition coefficient (Wildman–Crippen LogP) is 0.261. The van der Waals surface area contributed by atoms with E-state index >= 15 is 0 Å². The molecule has 0 bridgehead atoms. The van der Waals surface area contributed by atoms with Gasteiger partial charge in [0.25, 0.3) is 0 Å². The van der Waals surface area contributed by atoms with Gasteiger partial charge in [0, 0.05) is 13.6 Å². The predicted molar refractivity (Wildman–Crippen MR) is 65.5 cm³/mol. The summed E-state index contributed by atoms with van der Waals surface area (Å²) in [5, 5.41) is 8.55. The first-order chi connectivity index (χ1) is 8.88. The Labute approximate surface area is 110 Å². The van der Waals surface area contributed by atoms with Crippen LogP contribution in [0.4, 0.5) is 0 Å². The van der Waals surface area contributed by atoms with Crippen LogP contribution in [-0.2, 0) is 21.4 Å². The zero-order valence-electron chi connectivity index (χ0n) is 10.2. The van der Waals surface area contributed by atoms with E-state index in [1.807, 2.05) is 0 Å². The average Bonchev–Trinajstić information content (AvgIpc) is 2.74. The van der Waals surface area contributed by atoms with Gasteiger partial charge in [0.15, 0.2) is 17.3 Å². The first kappa shape index (κ1) is 13.6. The van der Waals surface area contributed by atoms with Crippen molar-refractivity contribution in [1.82, 2.24) is 4.31 Å². The van der Waals surface area contributed by atoms with Crippen molar-refractivity contribution in [2.75, 3.05) is 19.6 Å². The molecule has 0 spiro atoms. The Balaban J connectivity index is 2.11. The molecule has 0 aliphatic carbocycles. The number of hydrogen-bond donors (Lipinski definition) is 1. The van der Waals surface area contributed by atoms with Crippen molar-refractivity contribution >= 4 is 16.0 Å². The number of aliphatic carboxylic acids is 1. The Bertz CT molecular complexity index is 597. The fourth-order valence-electron chi connectivity index (χ4n) is 1.66. The molecule has 0 radical (unpaired) electrons. The van der Waals surface area contributed by atoms with E-state index in [9.17, 15) is 13.2 Å². The Morgan fingerprint density at radius 2 is 2.05 bits per heavy atom. The van der Waals surface area contributed by atoms with Gasteiger partial charge < -0.3 is 14.6 Å². The SMILES string of the molecule is CN(Cc1ccc2c(c1)OCO2)S(=O)(=O)CC(=O)O. The highest BCUT2D eigenvalue weighted by atomic mass is 32.2. The second kappa shape index (κ2) is 5.06. The third-order valence-electron chi connectivity index (χ3n) is 2.62. The van der Waals surface area contributed by atoms with Crippen molar-refractivity contribution < 1.29 is 27.8 Å². The fraction of sp³-hybridized carbons (Fsp3) is 0.364. The van der Waals surface area contributed by atoms with E-state index in [1.54, 1.807) is 18.2 Å². The van der Waals surface area contributed by atoms with Crippen LogP contribution in [0, 0.1) is 0 Å². The van der Waals surface area contributed by atoms with E-state index in [0.29, 0.717) is 17.1 Å². The van der Waals surface area contributed by atoms with Crippen molar-refractivity contribution in [3.63, 3.8) is 0 Å². The van der Waals surface area contributed by atoms with Crippen LogP contribution in [0.1, 0.15) is 5.56 Å². The van der Waals surface area contributed by atoms with Crippen LogP contribution in [0.5, 0.6) is 11.5 Å². The Kier molecular flexibility index (Phi) is 3.63. The first-order valence-corrected chi connectivity index (χ1v) is 7.04. The number of sulfonamides is 1. The Morgan fingerprint density at radius 1 is 1.37 bits per heavy atom. The third-order valence-corrected chi connectivity index (χ3v) is 4.31. The molecule has 1 aliphatic heterocycles. The van der Waals surface area contributed by atoms with Gasteiger partial charge in [-0.05, 0) is 17.7 Å². The molecule has 104 valence electrons. The molecule has 1 heterocycles. The minimum absolute atomic E-state index is 0.0756. The van der Waals surface area contributed by atoms with Crippen LogP contribution < -0.4 is 9.47 Å². The molecule has 7 nitrogen and oxygen atoms in total. The summed E-state index contributed by atoms with van der Waals surface area (Å²) in [6.07, 6.45) is 0. The van der Waals surface area contributed by atoms with Crippen molar-refractivity contribution in [2.24, 2.45) is 0 Å². The summed E-state index contributed by atoms with van der Waals surface area (Å²) in [5.74, 6) is -1.13. The molecule has 0 unspecified atom stereocenters. The molecule has 0 saturated carbocycles. The summed E-state index contributed by atoms with van der Waals surface area (Å²) in [7, 11) is -2.47. The number of fused-ring (bicyclic) bond motifs is 1. The quantitative estimate of drug-likeness (QED) is 0.835.